The lowest BCUT2D eigenvalue weighted by molar-refractivity contribution is -0.105. The number of H-pyrrole nitrogens is 1. The van der Waals surface area contributed by atoms with E-state index in [1.165, 1.54) is 12.1 Å². The van der Waals surface area contributed by atoms with Crippen molar-refractivity contribution >= 4 is 32.8 Å². The van der Waals surface area contributed by atoms with Crippen LogP contribution in [-0.4, -0.2) is 32.6 Å². The third-order valence-electron chi connectivity index (χ3n) is 3.22. The summed E-state index contributed by atoms with van der Waals surface area (Å²) in [6.45, 7) is 3.61. The molecule has 6 nitrogen and oxygen atoms in total. The number of nitrogens with one attached hydrogen (secondary N) is 2. The van der Waals surface area contributed by atoms with Crippen molar-refractivity contribution in [2.45, 2.75) is 26.4 Å². The first-order valence-corrected chi connectivity index (χ1v) is 8.13. The van der Waals surface area contributed by atoms with E-state index < -0.39 is 12.2 Å². The number of aromatic nitrogens is 3. The molecule has 3 N–H and O–H groups in total. The first kappa shape index (κ1) is 16.8. The van der Waals surface area contributed by atoms with Crippen LogP contribution in [0.4, 0.5) is 10.1 Å². The fourth-order valence-electron chi connectivity index (χ4n) is 2.23. The quantitative estimate of drug-likeness (QED) is 0.575. The van der Waals surface area contributed by atoms with Crippen LogP contribution in [0.3, 0.4) is 0 Å². The third-order valence-corrected chi connectivity index (χ3v) is 3.65. The highest BCUT2D eigenvalue weighted by atomic mass is 79.9. The molecular weight excluding hydrogens is 379 g/mol. The number of pyridine rings is 1. The molecule has 0 saturated carbocycles. The number of ether oxygens (including phenoxy) is 1. The SMILES string of the molecule is CC(C)OC(O)Nc1ccc(F)c(-c2nc3ncc(Br)cc3[nH]2)c1. The standard InChI is InChI=1S/C16H16BrFN4O2/c1-8(2)24-16(23)20-10-3-4-12(18)11(6-10)14-21-13-5-9(17)7-19-15(13)22-14/h3-8,16,20,23H,1-2H3,(H,19,21,22). The van der Waals surface area contributed by atoms with Crippen LogP contribution in [-0.2, 0) is 4.74 Å². The molecule has 0 radical (unpaired) electrons. The van der Waals surface area contributed by atoms with Gasteiger partial charge in [-0.3, -0.25) is 0 Å². The van der Waals surface area contributed by atoms with E-state index in [-0.39, 0.29) is 11.7 Å². The normalized spacial score (nSPS) is 12.8. The molecule has 0 fully saturated rings. The lowest BCUT2D eigenvalue weighted by atomic mass is 10.2. The number of imidazole rings is 1. The van der Waals surface area contributed by atoms with Crippen molar-refractivity contribution in [1.82, 2.24) is 15.0 Å². The summed E-state index contributed by atoms with van der Waals surface area (Å²) in [5, 5.41) is 12.5. The zero-order valence-electron chi connectivity index (χ0n) is 13.0. The number of aromatic amines is 1. The van der Waals surface area contributed by atoms with Gasteiger partial charge in [-0.2, -0.15) is 0 Å². The summed E-state index contributed by atoms with van der Waals surface area (Å²) in [5.41, 5.74) is 1.97. The largest absolute Gasteiger partial charge is 0.351 e. The van der Waals surface area contributed by atoms with Crippen molar-refractivity contribution < 1.29 is 14.2 Å². The summed E-state index contributed by atoms with van der Waals surface area (Å²) in [6, 6.07) is 6.19. The van der Waals surface area contributed by atoms with Crippen LogP contribution in [0.25, 0.3) is 22.6 Å². The van der Waals surface area contributed by atoms with Crippen LogP contribution < -0.4 is 5.32 Å². The van der Waals surface area contributed by atoms with Crippen molar-refractivity contribution in [2.75, 3.05) is 5.32 Å². The van der Waals surface area contributed by atoms with Crippen molar-refractivity contribution in [3.05, 3.63) is 40.8 Å². The second-order valence-electron chi connectivity index (χ2n) is 5.49. The number of aliphatic hydroxyl groups excluding tert-OH is 1. The maximum Gasteiger partial charge on any atom is 0.235 e. The number of nitrogens with zero attached hydrogens (tertiary/aromatic N) is 2. The predicted molar refractivity (Wildman–Crippen MR) is 92.8 cm³/mol. The fraction of sp³-hybridized carbons (Fsp3) is 0.250. The number of rotatable bonds is 5. The number of aliphatic hydroxyl groups is 1. The Morgan fingerprint density at radius 2 is 2.12 bits per heavy atom. The lowest BCUT2D eigenvalue weighted by Gasteiger charge is -2.17. The second kappa shape index (κ2) is 6.84. The molecule has 0 aliphatic carbocycles. The number of hydrogen-bond acceptors (Lipinski definition) is 5. The van der Waals surface area contributed by atoms with Gasteiger partial charge in [-0.05, 0) is 54.0 Å². The highest BCUT2D eigenvalue weighted by Gasteiger charge is 2.14. The van der Waals surface area contributed by atoms with Crippen LogP contribution in [0.1, 0.15) is 13.8 Å². The third kappa shape index (κ3) is 3.72. The molecular formula is C16H16BrFN4O2. The molecule has 8 heteroatoms. The van der Waals surface area contributed by atoms with Gasteiger partial charge < -0.3 is 20.1 Å². The van der Waals surface area contributed by atoms with Crippen molar-refractivity contribution in [2.24, 2.45) is 0 Å². The van der Waals surface area contributed by atoms with E-state index in [1.54, 1.807) is 26.1 Å². The molecule has 0 spiro atoms. The summed E-state index contributed by atoms with van der Waals surface area (Å²) in [7, 11) is 0. The van der Waals surface area contributed by atoms with Gasteiger partial charge in [-0.1, -0.05) is 0 Å². The van der Waals surface area contributed by atoms with Crippen LogP contribution >= 0.6 is 15.9 Å². The maximum absolute atomic E-state index is 14.2. The van der Waals surface area contributed by atoms with E-state index in [1.807, 2.05) is 6.07 Å². The first-order chi connectivity index (χ1) is 11.4. The topological polar surface area (TPSA) is 83.1 Å². The zero-order chi connectivity index (χ0) is 17.3. The summed E-state index contributed by atoms with van der Waals surface area (Å²) >= 11 is 3.33. The predicted octanol–water partition coefficient (Wildman–Crippen LogP) is 3.64. The van der Waals surface area contributed by atoms with Gasteiger partial charge in [0, 0.05) is 16.4 Å². The first-order valence-electron chi connectivity index (χ1n) is 7.33. The van der Waals surface area contributed by atoms with Crippen LogP contribution in [0.2, 0.25) is 0 Å². The smallest absolute Gasteiger partial charge is 0.235 e. The highest BCUT2D eigenvalue weighted by molar-refractivity contribution is 9.10. The molecule has 0 bridgehead atoms. The molecule has 126 valence electrons. The monoisotopic (exact) mass is 394 g/mol. The molecule has 2 aromatic heterocycles. The summed E-state index contributed by atoms with van der Waals surface area (Å²) < 4.78 is 20.2. The Hall–Kier alpha value is -2.03. The minimum atomic E-state index is -1.18. The molecule has 2 heterocycles. The van der Waals surface area contributed by atoms with Gasteiger partial charge in [0.1, 0.15) is 11.6 Å². The van der Waals surface area contributed by atoms with Gasteiger partial charge in [-0.15, -0.1) is 0 Å². The number of halogens is 2. The molecule has 3 aromatic rings. The number of anilines is 1. The van der Waals surface area contributed by atoms with Gasteiger partial charge in [0.15, 0.2) is 5.65 Å². The molecule has 1 unspecified atom stereocenters. The van der Waals surface area contributed by atoms with Gasteiger partial charge >= 0.3 is 0 Å². The highest BCUT2D eigenvalue weighted by Crippen LogP contribution is 2.26. The van der Waals surface area contributed by atoms with E-state index >= 15 is 0 Å². The molecule has 1 atom stereocenters. The maximum atomic E-state index is 14.2. The van der Waals surface area contributed by atoms with Gasteiger partial charge in [0.2, 0.25) is 6.41 Å². The molecule has 1 aromatic carbocycles. The number of benzene rings is 1. The van der Waals surface area contributed by atoms with E-state index in [4.69, 9.17) is 4.74 Å². The lowest BCUT2D eigenvalue weighted by Crippen LogP contribution is -2.25. The Labute approximate surface area is 146 Å². The summed E-state index contributed by atoms with van der Waals surface area (Å²) in [6.07, 6.45) is 0.296. The summed E-state index contributed by atoms with van der Waals surface area (Å²) in [4.78, 5) is 11.5. The Balaban J connectivity index is 1.92. The Bertz CT molecular complexity index is 868. The van der Waals surface area contributed by atoms with Gasteiger partial charge in [0.05, 0.1) is 17.2 Å². The molecule has 0 aliphatic rings. The van der Waals surface area contributed by atoms with Crippen molar-refractivity contribution in [3.63, 3.8) is 0 Å². The van der Waals surface area contributed by atoms with E-state index in [2.05, 4.69) is 36.2 Å². The van der Waals surface area contributed by atoms with E-state index in [9.17, 15) is 9.50 Å². The minimum absolute atomic E-state index is 0.146. The van der Waals surface area contributed by atoms with Gasteiger partial charge in [0.25, 0.3) is 0 Å². The Morgan fingerprint density at radius 3 is 2.88 bits per heavy atom. The average Bonchev–Trinajstić information content (AvgIpc) is 2.91. The molecule has 24 heavy (non-hydrogen) atoms. The van der Waals surface area contributed by atoms with E-state index in [0.717, 1.165) is 4.47 Å². The van der Waals surface area contributed by atoms with Gasteiger partial charge in [-0.25, -0.2) is 14.4 Å². The molecule has 0 amide bonds. The molecule has 0 aliphatic heterocycles. The number of hydrogen-bond donors (Lipinski definition) is 3. The Kier molecular flexibility index (Phi) is 4.79. The molecule has 3 rings (SSSR count). The Morgan fingerprint density at radius 1 is 1.33 bits per heavy atom. The van der Waals surface area contributed by atoms with Crippen LogP contribution in [0.15, 0.2) is 34.9 Å². The summed E-state index contributed by atoms with van der Waals surface area (Å²) in [5.74, 6) is -0.0750. The average molecular weight is 395 g/mol. The second-order valence-corrected chi connectivity index (χ2v) is 6.40. The van der Waals surface area contributed by atoms with Crippen molar-refractivity contribution in [1.29, 1.82) is 0 Å². The fourth-order valence-corrected chi connectivity index (χ4v) is 2.56. The minimum Gasteiger partial charge on any atom is -0.351 e. The van der Waals surface area contributed by atoms with Crippen molar-refractivity contribution in [3.8, 4) is 11.4 Å². The van der Waals surface area contributed by atoms with E-state index in [0.29, 0.717) is 22.7 Å². The zero-order valence-corrected chi connectivity index (χ0v) is 14.6. The molecule has 0 saturated heterocycles. The number of fused-ring (bicyclic) bond motifs is 1. The van der Waals surface area contributed by atoms with Crippen LogP contribution in [0, 0.1) is 5.82 Å². The van der Waals surface area contributed by atoms with Crippen LogP contribution in [0.5, 0.6) is 0 Å².